The molecule has 3 fully saturated rings. The second kappa shape index (κ2) is 14.2. The number of hydrogen-bond donors (Lipinski definition) is 3. The Morgan fingerprint density at radius 2 is 1.78 bits per heavy atom. The lowest BCUT2D eigenvalue weighted by Crippen LogP contribution is -2.59. The smallest absolute Gasteiger partial charge is 0.408 e. The number of carboxylic acid groups (broad SMARTS) is 1. The first-order valence-corrected chi connectivity index (χ1v) is 17.7. The zero-order valence-corrected chi connectivity index (χ0v) is 31.1. The van der Waals surface area contributed by atoms with E-state index < -0.39 is 64.5 Å². The van der Waals surface area contributed by atoms with Crippen molar-refractivity contribution < 1.29 is 38.5 Å². The summed E-state index contributed by atoms with van der Waals surface area (Å²) < 4.78 is 17.7. The molecule has 1 aromatic carbocycles. The Morgan fingerprint density at radius 3 is 2.35 bits per heavy atom. The molecule has 2 aliphatic heterocycles. The molecule has 0 bridgehead atoms. The van der Waals surface area contributed by atoms with Crippen LogP contribution in [0, 0.1) is 17.3 Å². The summed E-state index contributed by atoms with van der Waals surface area (Å²) in [5, 5.41) is 16.2. The SMILES string of the molecule is C=C[C@H]1CC1(NC(=O)[C@@H]1C[C@@H](Oc2cc(N3CCC(C)CC3)nc3cc(OC)ccc23)CN1C(=O)[C@@H](NC(=O)OC(C)(C)C)C(C)(C)C)C(=O)O. The van der Waals surface area contributed by atoms with E-state index in [-0.39, 0.29) is 19.4 Å². The number of amides is 3. The third kappa shape index (κ3) is 8.34. The molecular weight excluding hydrogens is 654 g/mol. The number of piperidine rings is 1. The van der Waals surface area contributed by atoms with Crippen LogP contribution in [0.1, 0.15) is 74.1 Å². The minimum atomic E-state index is -1.49. The van der Waals surface area contributed by atoms with Crippen LogP contribution in [0.5, 0.6) is 11.5 Å². The summed E-state index contributed by atoms with van der Waals surface area (Å²) in [6.07, 6.45) is 2.48. The van der Waals surface area contributed by atoms with E-state index in [1.54, 1.807) is 27.9 Å². The Balaban J connectivity index is 1.49. The molecule has 5 atom stereocenters. The van der Waals surface area contributed by atoms with Gasteiger partial charge >= 0.3 is 12.1 Å². The third-order valence-corrected chi connectivity index (χ3v) is 10.0. The van der Waals surface area contributed by atoms with Crippen molar-refractivity contribution in [2.45, 2.75) is 103 Å². The highest BCUT2D eigenvalue weighted by molar-refractivity contribution is 5.96. The van der Waals surface area contributed by atoms with Crippen molar-refractivity contribution in [1.29, 1.82) is 0 Å². The number of anilines is 1. The normalized spacial score (nSPS) is 24.4. The molecule has 3 amide bonds. The van der Waals surface area contributed by atoms with Crippen molar-refractivity contribution >= 4 is 40.6 Å². The monoisotopic (exact) mass is 707 g/mol. The molecular formula is C38H53N5O8. The molecule has 2 aromatic rings. The van der Waals surface area contributed by atoms with Gasteiger partial charge in [0.15, 0.2) is 0 Å². The molecule has 13 heteroatoms. The maximum atomic E-state index is 14.5. The zero-order valence-electron chi connectivity index (χ0n) is 31.1. The average molecular weight is 708 g/mol. The van der Waals surface area contributed by atoms with E-state index in [0.29, 0.717) is 22.9 Å². The van der Waals surface area contributed by atoms with E-state index in [1.807, 2.05) is 45.0 Å². The topological polar surface area (TPSA) is 160 Å². The second-order valence-corrected chi connectivity index (χ2v) is 16.3. The van der Waals surface area contributed by atoms with Gasteiger partial charge in [-0.05, 0) is 63.5 Å². The molecule has 3 aliphatic rings. The molecule has 0 spiro atoms. The number of likely N-dealkylation sites (tertiary alicyclic amines) is 1. The van der Waals surface area contributed by atoms with Crippen LogP contribution in [0.2, 0.25) is 0 Å². The van der Waals surface area contributed by atoms with Crippen molar-refractivity contribution in [3.05, 3.63) is 36.9 Å². The highest BCUT2D eigenvalue weighted by atomic mass is 16.6. The first-order chi connectivity index (χ1) is 23.8. The number of pyridine rings is 1. The van der Waals surface area contributed by atoms with Crippen LogP contribution in [-0.4, -0.2) is 94.9 Å². The first kappa shape index (κ1) is 37.7. The molecule has 1 aromatic heterocycles. The molecule has 1 aliphatic carbocycles. The molecule has 2 saturated heterocycles. The fourth-order valence-electron chi connectivity index (χ4n) is 6.90. The molecule has 0 radical (unpaired) electrons. The Bertz CT molecular complexity index is 1670. The summed E-state index contributed by atoms with van der Waals surface area (Å²) in [4.78, 5) is 62.3. The Kier molecular flexibility index (Phi) is 10.5. The summed E-state index contributed by atoms with van der Waals surface area (Å²) in [7, 11) is 1.60. The number of hydrogen-bond acceptors (Lipinski definition) is 9. The lowest BCUT2D eigenvalue weighted by atomic mass is 9.85. The van der Waals surface area contributed by atoms with Gasteiger partial charge < -0.3 is 39.8 Å². The van der Waals surface area contributed by atoms with Crippen molar-refractivity contribution in [3.8, 4) is 11.5 Å². The van der Waals surface area contributed by atoms with Gasteiger partial charge in [-0.15, -0.1) is 6.58 Å². The number of fused-ring (bicyclic) bond motifs is 1. The number of aliphatic carboxylic acids is 1. The van der Waals surface area contributed by atoms with Gasteiger partial charge in [0, 0.05) is 42.9 Å². The summed E-state index contributed by atoms with van der Waals surface area (Å²) in [5.41, 5.74) is -2.39. The number of alkyl carbamates (subject to hydrolysis) is 1. The predicted molar refractivity (Wildman–Crippen MR) is 193 cm³/mol. The van der Waals surface area contributed by atoms with Gasteiger partial charge in [-0.3, -0.25) is 9.59 Å². The molecule has 5 rings (SSSR count). The van der Waals surface area contributed by atoms with Crippen molar-refractivity contribution in [2.24, 2.45) is 17.3 Å². The van der Waals surface area contributed by atoms with Crippen LogP contribution in [0.25, 0.3) is 10.9 Å². The summed E-state index contributed by atoms with van der Waals surface area (Å²) in [6, 6.07) is 5.31. The van der Waals surface area contributed by atoms with Gasteiger partial charge in [-0.25, -0.2) is 14.6 Å². The van der Waals surface area contributed by atoms with E-state index in [0.717, 1.165) is 37.1 Å². The van der Waals surface area contributed by atoms with E-state index in [1.165, 1.54) is 11.0 Å². The number of carboxylic acids is 1. The molecule has 1 unspecified atom stereocenters. The van der Waals surface area contributed by atoms with E-state index >= 15 is 0 Å². The number of nitrogens with one attached hydrogen (secondary N) is 2. The molecule has 13 nitrogen and oxygen atoms in total. The molecule has 278 valence electrons. The standard InChI is InChI=1S/C38H53N5O8/c1-10-23-20-38(23,34(46)47)41-32(44)28-18-25(21-43(28)33(45)31(36(3,4)5)40-35(48)51-37(6,7)8)50-29-19-30(42-15-13-22(2)14-16-42)39-27-17-24(49-9)11-12-26(27)29/h10-12,17,19,22-23,25,28,31H,1,13-16,18,20-21H2,2-9H3,(H,40,48)(H,41,44)(H,46,47)/t23-,25+,28-,31+,38?/m0/s1. The van der Waals surface area contributed by atoms with E-state index in [9.17, 15) is 24.3 Å². The van der Waals surface area contributed by atoms with E-state index in [2.05, 4.69) is 29.0 Å². The number of methoxy groups -OCH3 is 1. The zero-order chi connectivity index (χ0) is 37.5. The van der Waals surface area contributed by atoms with Crippen LogP contribution in [-0.2, 0) is 19.1 Å². The van der Waals surface area contributed by atoms with Crippen LogP contribution in [0.15, 0.2) is 36.9 Å². The fraction of sp³-hybridized carbons (Fsp3) is 0.605. The van der Waals surface area contributed by atoms with Crippen LogP contribution in [0.4, 0.5) is 10.6 Å². The number of carbonyl (C=O) groups is 4. The first-order valence-electron chi connectivity index (χ1n) is 17.7. The summed E-state index contributed by atoms with van der Waals surface area (Å²) in [6.45, 7) is 18.3. The molecule has 3 heterocycles. The number of ether oxygens (including phenoxy) is 3. The van der Waals surface area contributed by atoms with Crippen molar-refractivity contribution in [2.75, 3.05) is 31.6 Å². The fourth-order valence-corrected chi connectivity index (χ4v) is 6.90. The Hall–Kier alpha value is -4.55. The van der Waals surface area contributed by atoms with Crippen LogP contribution < -0.4 is 25.0 Å². The lowest BCUT2D eigenvalue weighted by Gasteiger charge is -2.35. The van der Waals surface area contributed by atoms with Gasteiger partial charge in [0.05, 0.1) is 19.2 Å². The number of nitrogens with zero attached hydrogens (tertiary/aromatic N) is 3. The quantitative estimate of drug-likeness (QED) is 0.290. The molecule has 51 heavy (non-hydrogen) atoms. The van der Waals surface area contributed by atoms with Gasteiger partial charge in [0.25, 0.3) is 0 Å². The third-order valence-electron chi connectivity index (χ3n) is 10.0. The maximum Gasteiger partial charge on any atom is 0.408 e. The highest BCUT2D eigenvalue weighted by Gasteiger charge is 2.61. The van der Waals surface area contributed by atoms with Gasteiger partial charge in [-0.2, -0.15) is 0 Å². The minimum absolute atomic E-state index is 0.0149. The van der Waals surface area contributed by atoms with Gasteiger partial charge in [0.2, 0.25) is 11.8 Å². The number of carbonyl (C=O) groups excluding carboxylic acids is 3. The lowest BCUT2D eigenvalue weighted by molar-refractivity contribution is -0.146. The van der Waals surface area contributed by atoms with Crippen LogP contribution in [0.3, 0.4) is 0 Å². The number of rotatable bonds is 10. The second-order valence-electron chi connectivity index (χ2n) is 16.3. The van der Waals surface area contributed by atoms with Crippen LogP contribution >= 0.6 is 0 Å². The van der Waals surface area contributed by atoms with Crippen molar-refractivity contribution in [1.82, 2.24) is 20.5 Å². The predicted octanol–water partition coefficient (Wildman–Crippen LogP) is 4.91. The van der Waals surface area contributed by atoms with Gasteiger partial charge in [-0.1, -0.05) is 33.8 Å². The van der Waals surface area contributed by atoms with Crippen molar-refractivity contribution in [3.63, 3.8) is 0 Å². The number of aromatic nitrogens is 1. The summed E-state index contributed by atoms with van der Waals surface area (Å²) >= 11 is 0. The molecule has 1 saturated carbocycles. The average Bonchev–Trinajstić information content (AvgIpc) is 3.61. The largest absolute Gasteiger partial charge is 0.497 e. The Labute approximate surface area is 300 Å². The minimum Gasteiger partial charge on any atom is -0.497 e. The summed E-state index contributed by atoms with van der Waals surface area (Å²) in [5.74, 6) is -0.139. The van der Waals surface area contributed by atoms with Gasteiger partial charge in [0.1, 0.15) is 46.6 Å². The molecule has 3 N–H and O–H groups in total. The number of benzene rings is 1. The Morgan fingerprint density at radius 1 is 1.10 bits per heavy atom. The highest BCUT2D eigenvalue weighted by Crippen LogP contribution is 2.45. The maximum absolute atomic E-state index is 14.5. The van der Waals surface area contributed by atoms with E-state index in [4.69, 9.17) is 19.2 Å².